The summed E-state index contributed by atoms with van der Waals surface area (Å²) < 4.78 is 5.78. The number of thioether (sulfide) groups is 1. The number of ether oxygens (including phenoxy) is 1. The van der Waals surface area contributed by atoms with Crippen LogP contribution in [0.2, 0.25) is 0 Å². The predicted molar refractivity (Wildman–Crippen MR) is 118 cm³/mol. The first-order valence-electron chi connectivity index (χ1n) is 9.55. The average Bonchev–Trinajstić information content (AvgIpc) is 3.09. The van der Waals surface area contributed by atoms with Gasteiger partial charge in [0.2, 0.25) is 5.91 Å². The van der Waals surface area contributed by atoms with Gasteiger partial charge < -0.3 is 15.0 Å². The molecule has 1 atom stereocenters. The number of rotatable bonds is 8. The molecule has 2 aromatic heterocycles. The Kier molecular flexibility index (Phi) is 7.22. The minimum absolute atomic E-state index is 0.230. The molecule has 0 saturated carbocycles. The summed E-state index contributed by atoms with van der Waals surface area (Å²) in [6.07, 6.45) is 1.59. The van der Waals surface area contributed by atoms with Crippen LogP contribution in [0.3, 0.4) is 0 Å². The van der Waals surface area contributed by atoms with Crippen LogP contribution in [-0.2, 0) is 16.0 Å². The van der Waals surface area contributed by atoms with Crippen molar-refractivity contribution >= 4 is 50.3 Å². The molecule has 8 nitrogen and oxygen atoms in total. The minimum atomic E-state index is -0.493. The fraction of sp³-hybridized carbons (Fsp3) is 0.350. The number of amides is 1. The lowest BCUT2D eigenvalue weighted by molar-refractivity contribution is -0.115. The summed E-state index contributed by atoms with van der Waals surface area (Å²) in [6.45, 7) is 5.80. The van der Waals surface area contributed by atoms with E-state index in [4.69, 9.17) is 4.74 Å². The fourth-order valence-corrected chi connectivity index (χ4v) is 4.41. The van der Waals surface area contributed by atoms with Crippen LogP contribution in [-0.4, -0.2) is 38.7 Å². The zero-order chi connectivity index (χ0) is 21.7. The van der Waals surface area contributed by atoms with E-state index in [0.29, 0.717) is 40.1 Å². The molecule has 30 heavy (non-hydrogen) atoms. The molecule has 3 aromatic rings. The number of fused-ring (bicyclic) bond motifs is 1. The third kappa shape index (κ3) is 5.45. The number of benzene rings is 1. The number of nitrogens with zero attached hydrogens (tertiary/aromatic N) is 2. The largest absolute Gasteiger partial charge is 0.462 e. The molecule has 0 fully saturated rings. The molecule has 0 aliphatic rings. The molecule has 0 saturated heterocycles. The summed E-state index contributed by atoms with van der Waals surface area (Å²) in [4.78, 5) is 47.7. The van der Waals surface area contributed by atoms with Crippen molar-refractivity contribution in [2.45, 2.75) is 44.0 Å². The zero-order valence-electron chi connectivity index (χ0n) is 16.9. The number of carbonyl (C=O) groups is 2. The Morgan fingerprint density at radius 3 is 2.80 bits per heavy atom. The minimum Gasteiger partial charge on any atom is -0.462 e. The monoisotopic (exact) mass is 446 g/mol. The molecule has 158 valence electrons. The van der Waals surface area contributed by atoms with Gasteiger partial charge in [-0.2, -0.15) is 0 Å². The van der Waals surface area contributed by atoms with Gasteiger partial charge in [0, 0.05) is 11.8 Å². The molecule has 10 heteroatoms. The van der Waals surface area contributed by atoms with Gasteiger partial charge in [0.15, 0.2) is 10.3 Å². The molecule has 0 aliphatic carbocycles. The van der Waals surface area contributed by atoms with Gasteiger partial charge >= 0.3 is 5.97 Å². The van der Waals surface area contributed by atoms with E-state index in [1.807, 2.05) is 6.92 Å². The molecule has 0 spiro atoms. The molecule has 1 amide bonds. The SMILES string of the molecule is CCCc1cc(=O)[nH]c(SC(C)C(=O)Nc2nc3ccc(C(=O)OCC)cc3s2)n1. The Hall–Kier alpha value is -2.72. The number of hydrogen-bond acceptors (Lipinski definition) is 8. The summed E-state index contributed by atoms with van der Waals surface area (Å²) in [5, 5.41) is 3.15. The van der Waals surface area contributed by atoms with Crippen molar-refractivity contribution in [3.05, 3.63) is 45.9 Å². The standard InChI is InChI=1S/C20H22N4O4S2/c1-4-6-13-10-16(25)23-19(21-13)29-11(3)17(26)24-20-22-14-8-7-12(9-15(14)30-20)18(27)28-5-2/h7-11H,4-6H2,1-3H3,(H,21,23,25)(H,22,24,26). The number of aromatic nitrogens is 3. The lowest BCUT2D eigenvalue weighted by Gasteiger charge is -2.10. The quantitative estimate of drug-likeness (QED) is 0.308. The Balaban J connectivity index is 1.70. The summed E-state index contributed by atoms with van der Waals surface area (Å²) in [5.41, 5.74) is 1.60. The molecule has 2 N–H and O–H groups in total. The molecular formula is C20H22N4O4S2. The first-order valence-corrected chi connectivity index (χ1v) is 11.2. The van der Waals surface area contributed by atoms with Crippen LogP contribution in [0.15, 0.2) is 34.2 Å². The Morgan fingerprint density at radius 2 is 2.07 bits per heavy atom. The second kappa shape index (κ2) is 9.86. The van der Waals surface area contributed by atoms with Crippen LogP contribution in [0.25, 0.3) is 10.2 Å². The number of anilines is 1. The normalized spacial score (nSPS) is 12.0. The molecule has 1 unspecified atom stereocenters. The van der Waals surface area contributed by atoms with Crippen molar-refractivity contribution in [3.63, 3.8) is 0 Å². The highest BCUT2D eigenvalue weighted by Gasteiger charge is 2.18. The van der Waals surface area contributed by atoms with Crippen LogP contribution in [0.1, 0.15) is 43.2 Å². The van der Waals surface area contributed by atoms with E-state index in [1.54, 1.807) is 32.0 Å². The van der Waals surface area contributed by atoms with Crippen LogP contribution in [0.5, 0.6) is 0 Å². The van der Waals surface area contributed by atoms with E-state index >= 15 is 0 Å². The van der Waals surface area contributed by atoms with E-state index < -0.39 is 11.2 Å². The van der Waals surface area contributed by atoms with Crippen LogP contribution >= 0.6 is 23.1 Å². The Morgan fingerprint density at radius 1 is 1.27 bits per heavy atom. The number of nitrogens with one attached hydrogen (secondary N) is 2. The summed E-state index contributed by atoms with van der Waals surface area (Å²) in [5.74, 6) is -0.650. The van der Waals surface area contributed by atoms with Gasteiger partial charge in [-0.05, 0) is 38.5 Å². The molecule has 2 heterocycles. The second-order valence-electron chi connectivity index (χ2n) is 6.46. The third-order valence-electron chi connectivity index (χ3n) is 4.07. The van der Waals surface area contributed by atoms with Gasteiger partial charge in [0.05, 0.1) is 27.6 Å². The number of carbonyl (C=O) groups excluding carboxylic acids is 2. The fourth-order valence-electron chi connectivity index (χ4n) is 2.67. The van der Waals surface area contributed by atoms with Gasteiger partial charge in [0.25, 0.3) is 5.56 Å². The first kappa shape index (κ1) is 22.0. The topological polar surface area (TPSA) is 114 Å². The smallest absolute Gasteiger partial charge is 0.338 e. The van der Waals surface area contributed by atoms with Crippen molar-refractivity contribution in [1.82, 2.24) is 15.0 Å². The second-order valence-corrected chi connectivity index (χ2v) is 8.82. The van der Waals surface area contributed by atoms with E-state index in [0.717, 1.165) is 11.1 Å². The van der Waals surface area contributed by atoms with Crippen molar-refractivity contribution < 1.29 is 14.3 Å². The summed E-state index contributed by atoms with van der Waals surface area (Å²) in [7, 11) is 0. The van der Waals surface area contributed by atoms with Crippen molar-refractivity contribution in [2.24, 2.45) is 0 Å². The third-order valence-corrected chi connectivity index (χ3v) is 5.98. The molecule has 1 aromatic carbocycles. The van der Waals surface area contributed by atoms with Crippen molar-refractivity contribution in [3.8, 4) is 0 Å². The average molecular weight is 447 g/mol. The van der Waals surface area contributed by atoms with E-state index in [9.17, 15) is 14.4 Å². The maximum Gasteiger partial charge on any atom is 0.338 e. The Bertz CT molecular complexity index is 1130. The maximum atomic E-state index is 12.6. The highest BCUT2D eigenvalue weighted by atomic mass is 32.2. The number of aryl methyl sites for hydroxylation is 1. The van der Waals surface area contributed by atoms with E-state index in [1.165, 1.54) is 29.2 Å². The van der Waals surface area contributed by atoms with E-state index in [-0.39, 0.29) is 11.5 Å². The number of thiazole rings is 1. The number of H-pyrrole nitrogens is 1. The number of hydrogen-bond donors (Lipinski definition) is 2. The van der Waals surface area contributed by atoms with Gasteiger partial charge in [-0.25, -0.2) is 14.8 Å². The lowest BCUT2D eigenvalue weighted by Crippen LogP contribution is -2.23. The molecule has 0 bridgehead atoms. The number of esters is 1. The lowest BCUT2D eigenvalue weighted by atomic mass is 10.2. The molecular weight excluding hydrogens is 424 g/mol. The van der Waals surface area contributed by atoms with Crippen LogP contribution < -0.4 is 10.9 Å². The van der Waals surface area contributed by atoms with Gasteiger partial charge in [-0.1, -0.05) is 36.4 Å². The molecule has 0 aliphatic heterocycles. The number of aromatic amines is 1. The van der Waals surface area contributed by atoms with Gasteiger partial charge in [0.1, 0.15) is 0 Å². The van der Waals surface area contributed by atoms with Crippen molar-refractivity contribution in [2.75, 3.05) is 11.9 Å². The highest BCUT2D eigenvalue weighted by molar-refractivity contribution is 8.00. The van der Waals surface area contributed by atoms with Crippen LogP contribution in [0.4, 0.5) is 5.13 Å². The van der Waals surface area contributed by atoms with E-state index in [2.05, 4.69) is 20.3 Å². The molecule has 0 radical (unpaired) electrons. The van der Waals surface area contributed by atoms with Crippen molar-refractivity contribution in [1.29, 1.82) is 0 Å². The summed E-state index contributed by atoms with van der Waals surface area (Å²) >= 11 is 2.46. The van der Waals surface area contributed by atoms with Gasteiger partial charge in [-0.15, -0.1) is 0 Å². The molecule has 3 rings (SSSR count). The highest BCUT2D eigenvalue weighted by Crippen LogP contribution is 2.28. The predicted octanol–water partition coefficient (Wildman–Crippen LogP) is 3.63. The first-order chi connectivity index (χ1) is 14.4. The zero-order valence-corrected chi connectivity index (χ0v) is 18.5. The summed E-state index contributed by atoms with van der Waals surface area (Å²) in [6, 6.07) is 6.55. The van der Waals surface area contributed by atoms with Crippen LogP contribution in [0, 0.1) is 0 Å². The maximum absolute atomic E-state index is 12.6. The Labute approximate surface area is 181 Å². The van der Waals surface area contributed by atoms with Gasteiger partial charge in [-0.3, -0.25) is 9.59 Å².